The Hall–Kier alpha value is -5.20. The highest BCUT2D eigenvalue weighted by Gasteiger charge is 2.44. The number of aromatic hydroxyl groups is 8. The summed E-state index contributed by atoms with van der Waals surface area (Å²) in [5.74, 6) is -4.91. The quantitative estimate of drug-likeness (QED) is 0.159. The van der Waals surface area contributed by atoms with Crippen LogP contribution in [-0.4, -0.2) is 63.3 Å². The number of phenols is 8. The SMILES string of the molecule is Oc1cc(O)cc([C@H]2Oc3cc(O)c([C@@H]4c5ccc(O)cc5O[C@H](c5cc(O)c(O)c(O)c5)[C@H]4O)c(O)c3C[C@@H]2O)c1. The van der Waals surface area contributed by atoms with Crippen LogP contribution in [0.4, 0.5) is 0 Å². The normalized spacial score (nSPS) is 22.9. The summed E-state index contributed by atoms with van der Waals surface area (Å²) >= 11 is 0. The van der Waals surface area contributed by atoms with Crippen molar-refractivity contribution in [2.75, 3.05) is 0 Å². The fourth-order valence-electron chi connectivity index (χ4n) is 5.73. The molecule has 12 heteroatoms. The lowest BCUT2D eigenvalue weighted by molar-refractivity contribution is 0.00649. The molecule has 0 amide bonds. The Morgan fingerprint density at radius 1 is 0.571 bits per heavy atom. The average molecular weight is 579 g/mol. The van der Waals surface area contributed by atoms with Gasteiger partial charge in [-0.15, -0.1) is 0 Å². The highest BCUT2D eigenvalue weighted by atomic mass is 16.5. The van der Waals surface area contributed by atoms with Crippen LogP contribution in [0.15, 0.2) is 54.6 Å². The highest BCUT2D eigenvalue weighted by molar-refractivity contribution is 5.63. The molecule has 218 valence electrons. The van der Waals surface area contributed by atoms with E-state index in [1.54, 1.807) is 0 Å². The second kappa shape index (κ2) is 9.72. The number of benzene rings is 4. The summed E-state index contributed by atoms with van der Waals surface area (Å²) in [6.45, 7) is 0. The van der Waals surface area contributed by atoms with Crippen LogP contribution in [0, 0.1) is 0 Å². The molecule has 2 aliphatic rings. The molecule has 0 aromatic heterocycles. The molecule has 2 aliphatic heterocycles. The van der Waals surface area contributed by atoms with Crippen molar-refractivity contribution in [3.05, 3.63) is 82.4 Å². The van der Waals surface area contributed by atoms with Gasteiger partial charge in [-0.3, -0.25) is 0 Å². The summed E-state index contributed by atoms with van der Waals surface area (Å²) in [4.78, 5) is 0. The van der Waals surface area contributed by atoms with Gasteiger partial charge in [0.2, 0.25) is 0 Å². The molecule has 0 spiro atoms. The van der Waals surface area contributed by atoms with Crippen molar-refractivity contribution in [2.45, 2.75) is 36.8 Å². The maximum absolute atomic E-state index is 11.6. The van der Waals surface area contributed by atoms with Crippen molar-refractivity contribution < 1.29 is 60.5 Å². The number of hydrogen-bond acceptors (Lipinski definition) is 12. The lowest BCUT2D eigenvalue weighted by Crippen LogP contribution is -2.35. The van der Waals surface area contributed by atoms with Gasteiger partial charge in [0.1, 0.15) is 46.4 Å². The van der Waals surface area contributed by atoms with E-state index >= 15 is 0 Å². The molecule has 0 aliphatic carbocycles. The van der Waals surface area contributed by atoms with E-state index in [1.165, 1.54) is 36.4 Å². The van der Waals surface area contributed by atoms with Crippen LogP contribution >= 0.6 is 0 Å². The van der Waals surface area contributed by atoms with Gasteiger partial charge in [-0.05, 0) is 30.3 Å². The third-order valence-electron chi connectivity index (χ3n) is 7.62. The van der Waals surface area contributed by atoms with Gasteiger partial charge in [-0.1, -0.05) is 6.07 Å². The first-order valence-electron chi connectivity index (χ1n) is 12.8. The number of aliphatic hydroxyl groups is 2. The molecule has 0 radical (unpaired) electrons. The number of phenolic OH excluding ortho intramolecular Hbond substituents is 8. The maximum atomic E-state index is 11.6. The third kappa shape index (κ3) is 4.33. The minimum Gasteiger partial charge on any atom is -0.508 e. The first-order chi connectivity index (χ1) is 19.9. The Kier molecular flexibility index (Phi) is 6.24. The fraction of sp³-hybridized carbons (Fsp3) is 0.200. The average Bonchev–Trinajstić information content (AvgIpc) is 2.92. The highest BCUT2D eigenvalue weighted by Crippen LogP contribution is 2.55. The van der Waals surface area contributed by atoms with Gasteiger partial charge < -0.3 is 60.5 Å². The Morgan fingerprint density at radius 2 is 1.19 bits per heavy atom. The predicted molar refractivity (Wildman–Crippen MR) is 143 cm³/mol. The third-order valence-corrected chi connectivity index (χ3v) is 7.62. The summed E-state index contributed by atoms with van der Waals surface area (Å²) in [5.41, 5.74) is 0.553. The molecule has 2 heterocycles. The fourth-order valence-corrected chi connectivity index (χ4v) is 5.73. The van der Waals surface area contributed by atoms with Crippen LogP contribution in [0.3, 0.4) is 0 Å². The van der Waals surface area contributed by atoms with Gasteiger partial charge in [-0.25, -0.2) is 0 Å². The molecule has 0 saturated heterocycles. The molecule has 6 rings (SSSR count). The summed E-state index contributed by atoms with van der Waals surface area (Å²) in [6, 6.07) is 11.1. The summed E-state index contributed by atoms with van der Waals surface area (Å²) < 4.78 is 11.8. The van der Waals surface area contributed by atoms with Gasteiger partial charge in [0.15, 0.2) is 29.5 Å². The van der Waals surface area contributed by atoms with Crippen LogP contribution < -0.4 is 9.47 Å². The first-order valence-corrected chi connectivity index (χ1v) is 12.8. The molecule has 5 atom stereocenters. The molecule has 42 heavy (non-hydrogen) atoms. The smallest absolute Gasteiger partial charge is 0.200 e. The molecule has 12 nitrogen and oxygen atoms in total. The second-order valence-electron chi connectivity index (χ2n) is 10.4. The zero-order valence-corrected chi connectivity index (χ0v) is 21.6. The monoisotopic (exact) mass is 578 g/mol. The summed E-state index contributed by atoms with van der Waals surface area (Å²) in [5, 5.41) is 105. The first kappa shape index (κ1) is 27.0. The number of fused-ring (bicyclic) bond motifs is 2. The van der Waals surface area contributed by atoms with Gasteiger partial charge in [0.25, 0.3) is 0 Å². The van der Waals surface area contributed by atoms with Crippen molar-refractivity contribution in [1.82, 2.24) is 0 Å². The van der Waals surface area contributed by atoms with Crippen molar-refractivity contribution in [2.24, 2.45) is 0 Å². The molecule has 0 fully saturated rings. The Bertz CT molecular complexity index is 1670. The van der Waals surface area contributed by atoms with E-state index in [2.05, 4.69) is 0 Å². The van der Waals surface area contributed by atoms with E-state index in [4.69, 9.17) is 9.47 Å². The Morgan fingerprint density at radius 3 is 1.86 bits per heavy atom. The second-order valence-corrected chi connectivity index (χ2v) is 10.4. The zero-order chi connectivity index (χ0) is 30.0. The summed E-state index contributed by atoms with van der Waals surface area (Å²) in [6.07, 6.45) is -5.35. The molecule has 4 aromatic rings. The van der Waals surface area contributed by atoms with Crippen molar-refractivity contribution in [1.29, 1.82) is 0 Å². The Labute approximate surface area is 237 Å². The maximum Gasteiger partial charge on any atom is 0.200 e. The number of rotatable bonds is 3. The molecule has 0 unspecified atom stereocenters. The van der Waals surface area contributed by atoms with E-state index in [9.17, 15) is 51.1 Å². The lowest BCUT2D eigenvalue weighted by atomic mass is 9.78. The van der Waals surface area contributed by atoms with Crippen LogP contribution in [0.25, 0.3) is 0 Å². The van der Waals surface area contributed by atoms with E-state index in [1.807, 2.05) is 0 Å². The number of aliphatic hydroxyl groups excluding tert-OH is 2. The minimum absolute atomic E-state index is 0.0179. The molecule has 0 saturated carbocycles. The largest absolute Gasteiger partial charge is 0.508 e. The van der Waals surface area contributed by atoms with Crippen LogP contribution in [-0.2, 0) is 6.42 Å². The van der Waals surface area contributed by atoms with Crippen LogP contribution in [0.5, 0.6) is 57.5 Å². The zero-order valence-electron chi connectivity index (χ0n) is 21.6. The van der Waals surface area contributed by atoms with Crippen LogP contribution in [0.1, 0.15) is 45.9 Å². The number of hydrogen-bond donors (Lipinski definition) is 10. The van der Waals surface area contributed by atoms with Gasteiger partial charge >= 0.3 is 0 Å². The van der Waals surface area contributed by atoms with Gasteiger partial charge in [0, 0.05) is 58.4 Å². The van der Waals surface area contributed by atoms with Crippen molar-refractivity contribution in [3.63, 3.8) is 0 Å². The van der Waals surface area contributed by atoms with Crippen molar-refractivity contribution in [3.8, 4) is 57.5 Å². The summed E-state index contributed by atoms with van der Waals surface area (Å²) in [7, 11) is 0. The number of ether oxygens (including phenoxy) is 2. The van der Waals surface area contributed by atoms with E-state index in [0.29, 0.717) is 0 Å². The van der Waals surface area contributed by atoms with Crippen LogP contribution in [0.2, 0.25) is 0 Å². The molecular weight excluding hydrogens is 552 g/mol. The molecular formula is C30H26O12. The minimum atomic E-state index is -1.56. The predicted octanol–water partition coefficient (Wildman–Crippen LogP) is 3.00. The van der Waals surface area contributed by atoms with E-state index in [0.717, 1.165) is 18.2 Å². The Balaban J connectivity index is 1.46. The molecule has 10 N–H and O–H groups in total. The topological polar surface area (TPSA) is 221 Å². The van der Waals surface area contributed by atoms with Gasteiger partial charge in [0.05, 0.1) is 6.10 Å². The van der Waals surface area contributed by atoms with Gasteiger partial charge in [-0.2, -0.15) is 0 Å². The standard InChI is InChI=1S/C30H26O12/c31-13-1-2-16-22(8-13)42-30(12-5-19(35)27(39)20(36)6-12)28(40)24(16)25-18(34)10-23-17(26(25)38)9-21(37)29(41-23)11-3-14(32)7-15(33)4-11/h1-8,10,21,24,28-40H,9H2/t21-,24-,28-,29+,30+/m0/s1. The van der Waals surface area contributed by atoms with Crippen molar-refractivity contribution >= 4 is 0 Å². The van der Waals surface area contributed by atoms with E-state index in [-0.39, 0.29) is 63.0 Å². The lowest BCUT2D eigenvalue weighted by Gasteiger charge is -2.39. The van der Waals surface area contributed by atoms with E-state index < -0.39 is 59.1 Å². The molecule has 4 aromatic carbocycles. The molecule has 0 bridgehead atoms.